The highest BCUT2D eigenvalue weighted by Gasteiger charge is 2.10. The molecule has 0 fully saturated rings. The fourth-order valence-electron chi connectivity index (χ4n) is 1.04. The minimum atomic E-state index is -0.923. The molecule has 1 rings (SSSR count). The van der Waals surface area contributed by atoms with Gasteiger partial charge in [0.25, 0.3) is 0 Å². The van der Waals surface area contributed by atoms with Crippen LogP contribution < -0.4 is 10.5 Å². The molecule has 5 nitrogen and oxygen atoms in total. The van der Waals surface area contributed by atoms with Gasteiger partial charge in [-0.2, -0.15) is 0 Å². The first-order chi connectivity index (χ1) is 6.63. The molecule has 76 valence electrons. The molecule has 0 saturated carbocycles. The van der Waals surface area contributed by atoms with E-state index in [4.69, 9.17) is 15.6 Å². The van der Waals surface area contributed by atoms with Gasteiger partial charge in [0, 0.05) is 18.3 Å². The second kappa shape index (κ2) is 4.57. The number of carboxylic acids is 1. The highest BCUT2D eigenvalue weighted by Crippen LogP contribution is 2.15. The van der Waals surface area contributed by atoms with Crippen LogP contribution in [0.5, 0.6) is 5.88 Å². The fraction of sp³-hybridized carbons (Fsp3) is 0.333. The largest absolute Gasteiger partial charge is 0.481 e. The van der Waals surface area contributed by atoms with E-state index in [1.807, 2.05) is 0 Å². The number of aliphatic carboxylic acids is 1. The molecule has 0 aliphatic heterocycles. The Kier molecular flexibility index (Phi) is 3.41. The predicted octanol–water partition coefficient (Wildman–Crippen LogP) is 0.565. The van der Waals surface area contributed by atoms with Gasteiger partial charge < -0.3 is 15.6 Å². The Morgan fingerprint density at radius 1 is 1.71 bits per heavy atom. The monoisotopic (exact) mass is 196 g/mol. The molecule has 5 heteroatoms. The highest BCUT2D eigenvalue weighted by atomic mass is 16.5. The van der Waals surface area contributed by atoms with Gasteiger partial charge in [-0.15, -0.1) is 0 Å². The molecule has 0 amide bonds. The normalized spacial score (nSPS) is 12.1. The summed E-state index contributed by atoms with van der Waals surface area (Å²) < 4.78 is 4.86. The number of ether oxygens (including phenoxy) is 1. The van der Waals surface area contributed by atoms with Gasteiger partial charge >= 0.3 is 5.97 Å². The molecule has 0 aliphatic carbocycles. The third kappa shape index (κ3) is 2.70. The van der Waals surface area contributed by atoms with Crippen LogP contribution in [0.25, 0.3) is 0 Å². The van der Waals surface area contributed by atoms with Crippen molar-refractivity contribution in [3.05, 3.63) is 23.9 Å². The first-order valence-electron chi connectivity index (χ1n) is 4.11. The van der Waals surface area contributed by atoms with E-state index in [0.29, 0.717) is 11.4 Å². The van der Waals surface area contributed by atoms with E-state index in [1.54, 1.807) is 12.1 Å². The summed E-state index contributed by atoms with van der Waals surface area (Å²) in [5.41, 5.74) is 6.31. The van der Waals surface area contributed by atoms with Crippen molar-refractivity contribution >= 4 is 5.97 Å². The van der Waals surface area contributed by atoms with Crippen molar-refractivity contribution in [2.75, 3.05) is 7.11 Å². The maximum absolute atomic E-state index is 10.4. The Morgan fingerprint density at radius 2 is 2.43 bits per heavy atom. The maximum atomic E-state index is 10.4. The van der Waals surface area contributed by atoms with Gasteiger partial charge in [0.1, 0.15) is 0 Å². The number of nitrogens with zero attached hydrogens (tertiary/aromatic N) is 1. The second-order valence-electron chi connectivity index (χ2n) is 2.84. The first kappa shape index (κ1) is 10.5. The molecule has 0 radical (unpaired) electrons. The molecule has 0 aromatic carbocycles. The minimum absolute atomic E-state index is 0.103. The molecule has 0 spiro atoms. The zero-order valence-corrected chi connectivity index (χ0v) is 7.80. The molecule has 1 aromatic rings. The highest BCUT2D eigenvalue weighted by molar-refractivity contribution is 5.67. The molecule has 3 N–H and O–H groups in total. The number of aromatic nitrogens is 1. The smallest absolute Gasteiger partial charge is 0.305 e. The van der Waals surface area contributed by atoms with Gasteiger partial charge in [0.2, 0.25) is 5.88 Å². The number of hydrogen-bond donors (Lipinski definition) is 2. The summed E-state index contributed by atoms with van der Waals surface area (Å²) in [6, 6.07) is 2.84. The number of rotatable bonds is 4. The lowest BCUT2D eigenvalue weighted by molar-refractivity contribution is -0.137. The topological polar surface area (TPSA) is 85.4 Å². The van der Waals surface area contributed by atoms with Crippen LogP contribution in [0.15, 0.2) is 18.3 Å². The van der Waals surface area contributed by atoms with Crippen LogP contribution >= 0.6 is 0 Å². The predicted molar refractivity (Wildman–Crippen MR) is 50.0 cm³/mol. The summed E-state index contributed by atoms with van der Waals surface area (Å²) in [4.78, 5) is 14.3. The van der Waals surface area contributed by atoms with Gasteiger partial charge in [-0.3, -0.25) is 4.79 Å². The van der Waals surface area contributed by atoms with Gasteiger partial charge in [-0.05, 0) is 5.56 Å². The van der Waals surface area contributed by atoms with Gasteiger partial charge in [0.15, 0.2) is 0 Å². The summed E-state index contributed by atoms with van der Waals surface area (Å²) >= 11 is 0. The zero-order chi connectivity index (χ0) is 10.6. The molecule has 1 aromatic heterocycles. The Labute approximate surface area is 81.5 Å². The average Bonchev–Trinajstić information content (AvgIpc) is 2.17. The number of methoxy groups -OCH3 is 1. The minimum Gasteiger partial charge on any atom is -0.481 e. The summed E-state index contributed by atoms with van der Waals surface area (Å²) in [6.45, 7) is 0. The van der Waals surface area contributed by atoms with Gasteiger partial charge in [-0.25, -0.2) is 4.98 Å². The van der Waals surface area contributed by atoms with Crippen molar-refractivity contribution in [1.29, 1.82) is 0 Å². The number of hydrogen-bond acceptors (Lipinski definition) is 4. The third-order valence-corrected chi connectivity index (χ3v) is 1.79. The molecular formula is C9H12N2O3. The van der Waals surface area contributed by atoms with E-state index >= 15 is 0 Å². The fourth-order valence-corrected chi connectivity index (χ4v) is 1.04. The van der Waals surface area contributed by atoms with E-state index in [1.165, 1.54) is 13.3 Å². The Morgan fingerprint density at radius 3 is 2.86 bits per heavy atom. The van der Waals surface area contributed by atoms with Crippen LogP contribution in [0, 0.1) is 0 Å². The molecule has 0 unspecified atom stereocenters. The second-order valence-corrected chi connectivity index (χ2v) is 2.84. The lowest BCUT2D eigenvalue weighted by Crippen LogP contribution is -2.15. The number of nitrogens with two attached hydrogens (primary N) is 1. The van der Waals surface area contributed by atoms with Crippen molar-refractivity contribution in [2.45, 2.75) is 12.5 Å². The first-order valence-corrected chi connectivity index (χ1v) is 4.11. The van der Waals surface area contributed by atoms with Crippen LogP contribution in [0.3, 0.4) is 0 Å². The Hall–Kier alpha value is -1.62. The summed E-state index contributed by atoms with van der Waals surface area (Å²) in [7, 11) is 1.51. The molecule has 0 bridgehead atoms. The van der Waals surface area contributed by atoms with Crippen molar-refractivity contribution in [1.82, 2.24) is 4.98 Å². The van der Waals surface area contributed by atoms with Gasteiger partial charge in [-0.1, -0.05) is 6.07 Å². The van der Waals surface area contributed by atoms with E-state index in [9.17, 15) is 4.79 Å². The SMILES string of the molecule is COc1ccc([C@H](N)CC(=O)O)cn1. The van der Waals surface area contributed by atoms with Crippen LogP contribution in [-0.4, -0.2) is 23.2 Å². The van der Waals surface area contributed by atoms with E-state index in [-0.39, 0.29) is 6.42 Å². The summed E-state index contributed by atoms with van der Waals surface area (Å²) in [5, 5.41) is 8.52. The lowest BCUT2D eigenvalue weighted by Gasteiger charge is -2.08. The summed E-state index contributed by atoms with van der Waals surface area (Å²) in [6.07, 6.45) is 1.42. The maximum Gasteiger partial charge on any atom is 0.305 e. The molecule has 0 aliphatic rings. The van der Waals surface area contributed by atoms with E-state index < -0.39 is 12.0 Å². The van der Waals surface area contributed by atoms with Crippen molar-refractivity contribution in [3.8, 4) is 5.88 Å². The zero-order valence-electron chi connectivity index (χ0n) is 7.80. The van der Waals surface area contributed by atoms with E-state index in [2.05, 4.69) is 4.98 Å². The molecule has 1 heterocycles. The average molecular weight is 196 g/mol. The van der Waals surface area contributed by atoms with Crippen LogP contribution in [0.2, 0.25) is 0 Å². The molecule has 0 saturated heterocycles. The quantitative estimate of drug-likeness (QED) is 0.735. The van der Waals surface area contributed by atoms with Crippen LogP contribution in [-0.2, 0) is 4.79 Å². The third-order valence-electron chi connectivity index (χ3n) is 1.79. The number of carboxylic acid groups (broad SMARTS) is 1. The van der Waals surface area contributed by atoms with Crippen molar-refractivity contribution in [3.63, 3.8) is 0 Å². The van der Waals surface area contributed by atoms with Crippen molar-refractivity contribution in [2.24, 2.45) is 5.73 Å². The lowest BCUT2D eigenvalue weighted by atomic mass is 10.1. The molecular weight excluding hydrogens is 184 g/mol. The van der Waals surface area contributed by atoms with Crippen LogP contribution in [0.1, 0.15) is 18.0 Å². The standard InChI is InChI=1S/C9H12N2O3/c1-14-8-3-2-6(5-11-8)7(10)4-9(12)13/h2-3,5,7H,4,10H2,1H3,(H,12,13)/t7-/m1/s1. The Bertz CT molecular complexity index is 310. The van der Waals surface area contributed by atoms with Gasteiger partial charge in [0.05, 0.1) is 13.5 Å². The molecule has 14 heavy (non-hydrogen) atoms. The molecule has 1 atom stereocenters. The van der Waals surface area contributed by atoms with E-state index in [0.717, 1.165) is 0 Å². The van der Waals surface area contributed by atoms with Crippen molar-refractivity contribution < 1.29 is 14.6 Å². The number of pyridine rings is 1. The van der Waals surface area contributed by atoms with Crippen LogP contribution in [0.4, 0.5) is 0 Å². The Balaban J connectivity index is 2.71. The number of carbonyl (C=O) groups is 1. The summed E-state index contributed by atoms with van der Waals surface area (Å²) in [5.74, 6) is -0.440.